The molecule has 1 heterocycles. The first-order chi connectivity index (χ1) is 10.1. The molecule has 6 heteroatoms. The number of benzene rings is 2. The van der Waals surface area contributed by atoms with Crippen LogP contribution in [0.15, 0.2) is 53.5 Å². The lowest BCUT2D eigenvalue weighted by atomic mass is 10.2. The lowest BCUT2D eigenvalue weighted by molar-refractivity contribution is 0.146. The number of thioether (sulfide) groups is 1. The molecule has 1 unspecified atom stereocenters. The van der Waals surface area contributed by atoms with E-state index < -0.39 is 11.5 Å². The number of aliphatic imine (C=N–C) groups is 1. The van der Waals surface area contributed by atoms with Gasteiger partial charge in [-0.1, -0.05) is 47.6 Å². The van der Waals surface area contributed by atoms with Gasteiger partial charge in [0.25, 0.3) is 0 Å². The maximum atomic E-state index is 13.0. The van der Waals surface area contributed by atoms with E-state index in [0.29, 0.717) is 15.6 Å². The van der Waals surface area contributed by atoms with E-state index in [0.717, 1.165) is 5.56 Å². The molecule has 2 aromatic rings. The summed E-state index contributed by atoms with van der Waals surface area (Å²) >= 11 is 7.14. The first-order valence-electron chi connectivity index (χ1n) is 6.09. The van der Waals surface area contributed by atoms with Crippen LogP contribution in [0.2, 0.25) is 5.02 Å². The highest BCUT2D eigenvalue weighted by atomic mass is 35.5. The van der Waals surface area contributed by atoms with Gasteiger partial charge in [-0.2, -0.15) is 4.99 Å². The third-order valence-corrected chi connectivity index (χ3v) is 4.24. The molecule has 21 heavy (non-hydrogen) atoms. The van der Waals surface area contributed by atoms with Crippen molar-refractivity contribution in [3.8, 4) is 0 Å². The second-order valence-corrected chi connectivity index (χ2v) is 5.80. The van der Waals surface area contributed by atoms with Gasteiger partial charge in [-0.15, -0.1) is 0 Å². The fourth-order valence-corrected chi connectivity index (χ4v) is 2.99. The summed E-state index contributed by atoms with van der Waals surface area (Å²) < 4.78 is 18.1. The molecular weight excluding hydrogens is 313 g/mol. The van der Waals surface area contributed by atoms with Crippen LogP contribution in [-0.2, 0) is 4.74 Å². The first kappa shape index (κ1) is 14.1. The van der Waals surface area contributed by atoms with Gasteiger partial charge in [-0.25, -0.2) is 9.18 Å². The van der Waals surface area contributed by atoms with Crippen LogP contribution in [0, 0.1) is 5.82 Å². The summed E-state index contributed by atoms with van der Waals surface area (Å²) in [6.07, 6.45) is -0.659. The Morgan fingerprint density at radius 1 is 1.10 bits per heavy atom. The average Bonchev–Trinajstić information content (AvgIpc) is 2.48. The lowest BCUT2D eigenvalue weighted by Crippen LogP contribution is -2.16. The largest absolute Gasteiger partial charge is 0.436 e. The summed E-state index contributed by atoms with van der Waals surface area (Å²) in [5.74, 6) is -0.336. The second-order valence-electron chi connectivity index (χ2n) is 4.31. The summed E-state index contributed by atoms with van der Waals surface area (Å²) in [4.78, 5) is 15.5. The number of halogens is 2. The van der Waals surface area contributed by atoms with Gasteiger partial charge in [0.05, 0.1) is 0 Å². The molecule has 2 aromatic carbocycles. The van der Waals surface area contributed by atoms with E-state index in [4.69, 9.17) is 16.3 Å². The summed E-state index contributed by atoms with van der Waals surface area (Å²) in [7, 11) is 0. The predicted molar refractivity (Wildman–Crippen MR) is 81.2 cm³/mol. The average molecular weight is 322 g/mol. The van der Waals surface area contributed by atoms with Gasteiger partial charge in [0, 0.05) is 16.1 Å². The third kappa shape index (κ3) is 3.25. The number of carbonyl (C=O) groups is 1. The molecule has 0 saturated heterocycles. The van der Waals surface area contributed by atoms with Crippen molar-refractivity contribution in [2.24, 2.45) is 4.99 Å². The van der Waals surface area contributed by atoms with Crippen LogP contribution in [0.3, 0.4) is 0 Å². The predicted octanol–water partition coefficient (Wildman–Crippen LogP) is 4.81. The lowest BCUT2D eigenvalue weighted by Gasteiger charge is -2.21. The van der Waals surface area contributed by atoms with Crippen LogP contribution in [0.1, 0.15) is 16.6 Å². The van der Waals surface area contributed by atoms with Crippen molar-refractivity contribution in [3.63, 3.8) is 0 Å². The summed E-state index contributed by atoms with van der Waals surface area (Å²) in [6.45, 7) is 0. The van der Waals surface area contributed by atoms with Gasteiger partial charge in [-0.05, 0) is 24.3 Å². The summed E-state index contributed by atoms with van der Waals surface area (Å²) in [5.41, 5.74) is 0.950. The molecule has 0 spiro atoms. The minimum atomic E-state index is -0.659. The number of nitrogens with zero attached hydrogens (tertiary/aromatic N) is 1. The van der Waals surface area contributed by atoms with Crippen molar-refractivity contribution < 1.29 is 13.9 Å². The van der Waals surface area contributed by atoms with E-state index in [1.165, 1.54) is 23.9 Å². The zero-order valence-corrected chi connectivity index (χ0v) is 12.2. The zero-order chi connectivity index (χ0) is 14.8. The number of ether oxygens (including phenoxy) is 1. The van der Waals surface area contributed by atoms with Crippen molar-refractivity contribution in [2.75, 3.05) is 0 Å². The maximum absolute atomic E-state index is 13.0. The van der Waals surface area contributed by atoms with E-state index >= 15 is 0 Å². The van der Waals surface area contributed by atoms with Crippen LogP contribution < -0.4 is 0 Å². The molecule has 1 atom stereocenters. The molecule has 0 N–H and O–H groups in total. The SMILES string of the molecule is O=C1N=C(c2ccc(Cl)cc2)SC(c2ccc(F)cc2)O1. The van der Waals surface area contributed by atoms with Crippen LogP contribution in [0.4, 0.5) is 9.18 Å². The van der Waals surface area contributed by atoms with Gasteiger partial charge in [0.2, 0.25) is 0 Å². The topological polar surface area (TPSA) is 38.7 Å². The number of cyclic esters (lactones) is 1. The molecule has 1 aliphatic rings. The zero-order valence-electron chi connectivity index (χ0n) is 10.6. The van der Waals surface area contributed by atoms with Crippen molar-refractivity contribution in [1.29, 1.82) is 0 Å². The summed E-state index contributed by atoms with van der Waals surface area (Å²) in [6, 6.07) is 12.9. The molecule has 3 nitrogen and oxygen atoms in total. The Labute approximate surface area is 129 Å². The molecule has 1 aliphatic heterocycles. The molecule has 0 aromatic heterocycles. The third-order valence-electron chi connectivity index (χ3n) is 2.85. The molecule has 0 radical (unpaired) electrons. The first-order valence-corrected chi connectivity index (χ1v) is 7.35. The number of carbonyl (C=O) groups excluding carboxylic acids is 1. The van der Waals surface area contributed by atoms with Crippen molar-refractivity contribution in [1.82, 2.24) is 0 Å². The molecule has 3 rings (SSSR count). The molecular formula is C15H9ClFNO2S. The van der Waals surface area contributed by atoms with Crippen LogP contribution in [-0.4, -0.2) is 11.1 Å². The van der Waals surface area contributed by atoms with Crippen molar-refractivity contribution in [3.05, 3.63) is 70.5 Å². The fourth-order valence-electron chi connectivity index (χ4n) is 1.83. The van der Waals surface area contributed by atoms with Gasteiger partial charge in [0.1, 0.15) is 10.9 Å². The smallest absolute Gasteiger partial charge is 0.428 e. The Morgan fingerprint density at radius 2 is 1.76 bits per heavy atom. The molecule has 106 valence electrons. The van der Waals surface area contributed by atoms with Gasteiger partial charge in [-0.3, -0.25) is 0 Å². The van der Waals surface area contributed by atoms with E-state index in [-0.39, 0.29) is 5.82 Å². The van der Waals surface area contributed by atoms with E-state index in [1.54, 1.807) is 36.4 Å². The minimum Gasteiger partial charge on any atom is -0.428 e. The molecule has 0 aliphatic carbocycles. The quantitative estimate of drug-likeness (QED) is 0.797. The Hall–Kier alpha value is -1.85. The highest BCUT2D eigenvalue weighted by Gasteiger charge is 2.26. The molecule has 1 amide bonds. The Balaban J connectivity index is 1.88. The second kappa shape index (κ2) is 5.87. The number of rotatable bonds is 2. The highest BCUT2D eigenvalue weighted by Crippen LogP contribution is 2.37. The van der Waals surface area contributed by atoms with Gasteiger partial charge >= 0.3 is 6.09 Å². The van der Waals surface area contributed by atoms with Crippen LogP contribution in [0.25, 0.3) is 0 Å². The van der Waals surface area contributed by atoms with Crippen molar-refractivity contribution >= 4 is 34.5 Å². The standard InChI is InChI=1S/C15H9ClFNO2S/c16-11-5-1-9(2-6-11)13-18-15(19)20-14(21-13)10-3-7-12(17)8-4-10/h1-8,14H. The molecule has 0 saturated carbocycles. The Bertz CT molecular complexity index is 701. The normalized spacial score (nSPS) is 18.1. The summed E-state index contributed by atoms with van der Waals surface area (Å²) in [5, 5.41) is 1.16. The number of amides is 1. The Kier molecular flexibility index (Phi) is 3.94. The van der Waals surface area contributed by atoms with E-state index in [1.807, 2.05) is 0 Å². The molecule has 0 fully saturated rings. The van der Waals surface area contributed by atoms with E-state index in [9.17, 15) is 9.18 Å². The minimum absolute atomic E-state index is 0.336. The number of hydrogen-bond acceptors (Lipinski definition) is 3. The Morgan fingerprint density at radius 3 is 2.43 bits per heavy atom. The monoisotopic (exact) mass is 321 g/mol. The van der Waals surface area contributed by atoms with E-state index in [2.05, 4.69) is 4.99 Å². The van der Waals surface area contributed by atoms with Gasteiger partial charge in [0.15, 0.2) is 5.44 Å². The van der Waals surface area contributed by atoms with Crippen molar-refractivity contribution in [2.45, 2.75) is 5.44 Å². The fraction of sp³-hybridized carbons (Fsp3) is 0.0667. The maximum Gasteiger partial charge on any atom is 0.436 e. The van der Waals surface area contributed by atoms with Crippen LogP contribution >= 0.6 is 23.4 Å². The number of hydrogen-bond donors (Lipinski definition) is 0. The van der Waals surface area contributed by atoms with Gasteiger partial charge < -0.3 is 4.74 Å². The van der Waals surface area contributed by atoms with Crippen LogP contribution in [0.5, 0.6) is 0 Å². The highest BCUT2D eigenvalue weighted by molar-refractivity contribution is 8.14. The molecule has 0 bridgehead atoms.